The molecule has 2 N–H and O–H groups in total. The Hall–Kier alpha value is -1.44. The number of nitrogens with one attached hydrogen (secondary N) is 1. The van der Waals surface area contributed by atoms with Crippen molar-refractivity contribution in [2.45, 2.75) is 109 Å². The van der Waals surface area contributed by atoms with Crippen LogP contribution in [0.2, 0.25) is 0 Å². The van der Waals surface area contributed by atoms with Crippen LogP contribution in [0.15, 0.2) is 12.3 Å². The van der Waals surface area contributed by atoms with Gasteiger partial charge in [0, 0.05) is 44.0 Å². The highest BCUT2D eigenvalue weighted by atomic mass is 16.3. The van der Waals surface area contributed by atoms with Crippen molar-refractivity contribution in [3.05, 3.63) is 12.3 Å². The summed E-state index contributed by atoms with van der Waals surface area (Å²) in [6.07, 6.45) is 14.8. The molecule has 192 valence electrons. The second-order valence-electron chi connectivity index (χ2n) is 10.6. The number of likely N-dealkylation sites (tertiary alicyclic amines) is 1. The van der Waals surface area contributed by atoms with E-state index < -0.39 is 0 Å². The van der Waals surface area contributed by atoms with E-state index in [1.165, 1.54) is 45.1 Å². The molecule has 0 radical (unpaired) electrons. The molecule has 1 aromatic rings. The van der Waals surface area contributed by atoms with E-state index in [2.05, 4.69) is 44.9 Å². The van der Waals surface area contributed by atoms with Crippen molar-refractivity contribution in [1.29, 1.82) is 0 Å². The van der Waals surface area contributed by atoms with E-state index in [9.17, 15) is 5.11 Å². The number of anilines is 2. The average molecular weight is 473 g/mol. The van der Waals surface area contributed by atoms with Crippen molar-refractivity contribution < 1.29 is 5.11 Å². The lowest BCUT2D eigenvalue weighted by Gasteiger charge is -2.38. The molecule has 34 heavy (non-hydrogen) atoms. The van der Waals surface area contributed by atoms with Gasteiger partial charge in [-0.3, -0.25) is 4.90 Å². The summed E-state index contributed by atoms with van der Waals surface area (Å²) in [5, 5.41) is 13.8. The Bertz CT molecular complexity index is 713. The zero-order chi connectivity index (χ0) is 23.8. The Morgan fingerprint density at radius 2 is 1.74 bits per heavy atom. The van der Waals surface area contributed by atoms with Crippen LogP contribution in [0.4, 0.5) is 11.8 Å². The first-order valence-corrected chi connectivity index (χ1v) is 14.2. The maximum atomic E-state index is 10.0. The fourth-order valence-electron chi connectivity index (χ4n) is 6.38. The largest absolute Gasteiger partial charge is 0.393 e. The SMILES string of the molecule is CCN(CC)CCC[C@@H]1[C@H](Nc2nccc(N3CCCCCC3)n2)CCN1C1CCC(O)CC1. The van der Waals surface area contributed by atoms with E-state index in [-0.39, 0.29) is 6.10 Å². The highest BCUT2D eigenvalue weighted by Crippen LogP contribution is 2.33. The molecule has 3 aliphatic rings. The molecule has 0 spiro atoms. The minimum atomic E-state index is -0.0935. The summed E-state index contributed by atoms with van der Waals surface area (Å²) in [5.74, 6) is 1.87. The van der Waals surface area contributed by atoms with Crippen molar-refractivity contribution in [1.82, 2.24) is 19.8 Å². The molecule has 7 nitrogen and oxygen atoms in total. The third-order valence-electron chi connectivity index (χ3n) is 8.48. The number of hydrogen-bond acceptors (Lipinski definition) is 7. The van der Waals surface area contributed by atoms with Crippen LogP contribution in [-0.4, -0.2) is 88.4 Å². The second kappa shape index (κ2) is 13.0. The highest BCUT2D eigenvalue weighted by molar-refractivity contribution is 5.43. The van der Waals surface area contributed by atoms with Crippen LogP contribution in [-0.2, 0) is 0 Å². The molecule has 2 atom stereocenters. The molecule has 3 heterocycles. The second-order valence-corrected chi connectivity index (χ2v) is 10.6. The quantitative estimate of drug-likeness (QED) is 0.530. The standard InChI is InChI=1S/C27H48N6O/c1-3-31(4-2)18-9-10-25-24(16-21-33(25)22-11-13-23(34)14-12-22)29-27-28-17-15-26(30-27)32-19-7-5-6-8-20-32/h15,17,22-25,34H,3-14,16,18-21H2,1-2H3,(H,28,29,30)/t22?,23?,24-,25-/m1/s1. The van der Waals surface area contributed by atoms with E-state index >= 15 is 0 Å². The van der Waals surface area contributed by atoms with Crippen molar-refractivity contribution in [2.24, 2.45) is 0 Å². The molecule has 0 unspecified atom stereocenters. The van der Waals surface area contributed by atoms with Gasteiger partial charge in [-0.05, 0) is 83.5 Å². The van der Waals surface area contributed by atoms with Crippen LogP contribution < -0.4 is 10.2 Å². The van der Waals surface area contributed by atoms with Crippen LogP contribution in [0.3, 0.4) is 0 Å². The fourth-order valence-corrected chi connectivity index (χ4v) is 6.38. The molecule has 1 aliphatic carbocycles. The van der Waals surface area contributed by atoms with Crippen molar-refractivity contribution in [3.63, 3.8) is 0 Å². The van der Waals surface area contributed by atoms with Crippen LogP contribution in [0.1, 0.15) is 84.5 Å². The maximum Gasteiger partial charge on any atom is 0.224 e. The van der Waals surface area contributed by atoms with Gasteiger partial charge in [-0.2, -0.15) is 4.98 Å². The van der Waals surface area contributed by atoms with E-state index in [1.807, 2.05) is 6.20 Å². The maximum absolute atomic E-state index is 10.0. The molecule has 2 saturated heterocycles. The highest BCUT2D eigenvalue weighted by Gasteiger charge is 2.39. The number of rotatable bonds is 10. The van der Waals surface area contributed by atoms with Crippen LogP contribution in [0.5, 0.6) is 0 Å². The van der Waals surface area contributed by atoms with Crippen LogP contribution in [0.25, 0.3) is 0 Å². The summed E-state index contributed by atoms with van der Waals surface area (Å²) in [7, 11) is 0. The smallest absolute Gasteiger partial charge is 0.224 e. The van der Waals surface area contributed by atoms with Gasteiger partial charge in [-0.15, -0.1) is 0 Å². The minimum Gasteiger partial charge on any atom is -0.393 e. The molecule has 0 aromatic carbocycles. The zero-order valence-corrected chi connectivity index (χ0v) is 21.7. The molecular formula is C27H48N6O. The molecule has 0 bridgehead atoms. The third kappa shape index (κ3) is 6.82. The molecule has 4 rings (SSSR count). The summed E-state index contributed by atoms with van der Waals surface area (Å²) < 4.78 is 0. The zero-order valence-electron chi connectivity index (χ0n) is 21.7. The number of aliphatic hydroxyl groups is 1. The van der Waals surface area contributed by atoms with E-state index in [4.69, 9.17) is 4.98 Å². The Labute approximate surface area is 207 Å². The van der Waals surface area contributed by atoms with Gasteiger partial charge in [0.25, 0.3) is 0 Å². The number of aliphatic hydroxyl groups excluding tert-OH is 1. The lowest BCUT2D eigenvalue weighted by atomic mass is 9.91. The minimum absolute atomic E-state index is 0.0935. The normalized spacial score (nSPS) is 28.9. The summed E-state index contributed by atoms with van der Waals surface area (Å²) in [6.45, 7) is 11.3. The third-order valence-corrected chi connectivity index (χ3v) is 8.48. The van der Waals surface area contributed by atoms with Crippen molar-refractivity contribution in [3.8, 4) is 0 Å². The Balaban J connectivity index is 1.42. The summed E-state index contributed by atoms with van der Waals surface area (Å²) >= 11 is 0. The first-order valence-electron chi connectivity index (χ1n) is 14.2. The molecule has 1 aromatic heterocycles. The monoisotopic (exact) mass is 472 g/mol. The fraction of sp³-hybridized carbons (Fsp3) is 0.852. The summed E-state index contributed by atoms with van der Waals surface area (Å²) in [6, 6.07) is 3.59. The van der Waals surface area contributed by atoms with Crippen molar-refractivity contribution >= 4 is 11.8 Å². The average Bonchev–Trinajstić information content (AvgIpc) is 3.06. The Morgan fingerprint density at radius 1 is 1.00 bits per heavy atom. The van der Waals surface area contributed by atoms with Gasteiger partial charge in [0.2, 0.25) is 5.95 Å². The predicted octanol–water partition coefficient (Wildman–Crippen LogP) is 4.14. The molecule has 2 aliphatic heterocycles. The van der Waals surface area contributed by atoms with Crippen molar-refractivity contribution in [2.75, 3.05) is 49.5 Å². The van der Waals surface area contributed by atoms with E-state index in [1.54, 1.807) is 0 Å². The van der Waals surface area contributed by atoms with E-state index in [0.29, 0.717) is 18.1 Å². The number of hydrogen-bond donors (Lipinski definition) is 2. The Kier molecular flexibility index (Phi) is 9.83. The first kappa shape index (κ1) is 25.6. The molecule has 0 amide bonds. The predicted molar refractivity (Wildman–Crippen MR) is 141 cm³/mol. The topological polar surface area (TPSA) is 67.8 Å². The molecular weight excluding hydrogens is 424 g/mol. The lowest BCUT2D eigenvalue weighted by molar-refractivity contribution is 0.0643. The summed E-state index contributed by atoms with van der Waals surface area (Å²) in [4.78, 5) is 17.3. The molecule has 1 saturated carbocycles. The molecule has 3 fully saturated rings. The van der Waals surface area contributed by atoms with Gasteiger partial charge < -0.3 is 20.2 Å². The summed E-state index contributed by atoms with van der Waals surface area (Å²) in [5.41, 5.74) is 0. The van der Waals surface area contributed by atoms with Gasteiger partial charge in [0.15, 0.2) is 0 Å². The molecule has 7 heteroatoms. The van der Waals surface area contributed by atoms with Gasteiger partial charge in [-0.25, -0.2) is 4.98 Å². The van der Waals surface area contributed by atoms with Gasteiger partial charge in [0.05, 0.1) is 6.10 Å². The Morgan fingerprint density at radius 3 is 2.44 bits per heavy atom. The van der Waals surface area contributed by atoms with E-state index in [0.717, 1.165) is 76.6 Å². The lowest BCUT2D eigenvalue weighted by Crippen LogP contribution is -2.46. The van der Waals surface area contributed by atoms with Crippen LogP contribution in [0, 0.1) is 0 Å². The van der Waals surface area contributed by atoms with Gasteiger partial charge >= 0.3 is 0 Å². The van der Waals surface area contributed by atoms with Crippen LogP contribution >= 0.6 is 0 Å². The van der Waals surface area contributed by atoms with Gasteiger partial charge in [-0.1, -0.05) is 26.7 Å². The number of aromatic nitrogens is 2. The number of nitrogens with zero attached hydrogens (tertiary/aromatic N) is 5. The first-order chi connectivity index (χ1) is 16.7. The van der Waals surface area contributed by atoms with Gasteiger partial charge in [0.1, 0.15) is 5.82 Å².